The van der Waals surface area contributed by atoms with Crippen LogP contribution in [-0.4, -0.2) is 5.54 Å². The first-order chi connectivity index (χ1) is 6.47. The largest absolute Gasteiger partial charge is 0.325 e. The van der Waals surface area contributed by atoms with Gasteiger partial charge in [0, 0.05) is 5.54 Å². The van der Waals surface area contributed by atoms with E-state index >= 15 is 0 Å². The molecule has 0 bridgehead atoms. The van der Waals surface area contributed by atoms with Crippen LogP contribution in [0.1, 0.15) is 72.1 Å². The Labute approximate surface area is 89.5 Å². The number of hydrogen-bond acceptors (Lipinski definition) is 1. The van der Waals surface area contributed by atoms with Crippen molar-refractivity contribution in [3.05, 3.63) is 0 Å². The normalized spacial score (nSPS) is 31.7. The molecule has 2 N–H and O–H groups in total. The minimum Gasteiger partial charge on any atom is -0.325 e. The summed E-state index contributed by atoms with van der Waals surface area (Å²) in [5, 5.41) is 0. The summed E-state index contributed by atoms with van der Waals surface area (Å²) in [5.74, 6) is 0. The van der Waals surface area contributed by atoms with Crippen LogP contribution in [0.15, 0.2) is 0 Å². The molecule has 0 saturated heterocycles. The van der Waals surface area contributed by atoms with Crippen molar-refractivity contribution in [2.75, 3.05) is 0 Å². The molecule has 1 aliphatic rings. The van der Waals surface area contributed by atoms with Gasteiger partial charge in [0.1, 0.15) is 0 Å². The Morgan fingerprint density at radius 1 is 1.14 bits per heavy atom. The topological polar surface area (TPSA) is 26.0 Å². The quantitative estimate of drug-likeness (QED) is 0.680. The predicted molar refractivity (Wildman–Crippen MR) is 63.3 cm³/mol. The highest BCUT2D eigenvalue weighted by Gasteiger charge is 2.36. The van der Waals surface area contributed by atoms with Crippen LogP contribution < -0.4 is 5.73 Å². The average molecular weight is 197 g/mol. The van der Waals surface area contributed by atoms with E-state index < -0.39 is 0 Å². The molecule has 1 unspecified atom stereocenters. The third-order valence-electron chi connectivity index (χ3n) is 3.64. The van der Waals surface area contributed by atoms with Gasteiger partial charge >= 0.3 is 0 Å². The molecule has 1 nitrogen and oxygen atoms in total. The van der Waals surface area contributed by atoms with Crippen molar-refractivity contribution in [3.63, 3.8) is 0 Å². The molecule has 0 heterocycles. The lowest BCUT2D eigenvalue weighted by molar-refractivity contribution is 0.141. The third-order valence-corrected chi connectivity index (χ3v) is 3.64. The summed E-state index contributed by atoms with van der Waals surface area (Å²) in [4.78, 5) is 0. The predicted octanol–water partition coefficient (Wildman–Crippen LogP) is 3.86. The molecular formula is C13H27N. The number of unbranched alkanes of at least 4 members (excludes halogenated alkanes) is 2. The fourth-order valence-corrected chi connectivity index (χ4v) is 2.99. The molecule has 84 valence electrons. The summed E-state index contributed by atoms with van der Waals surface area (Å²) in [6.07, 6.45) is 10.4. The van der Waals surface area contributed by atoms with Crippen LogP contribution >= 0.6 is 0 Å². The number of rotatable bonds is 4. The minimum absolute atomic E-state index is 0.164. The van der Waals surface area contributed by atoms with E-state index in [1.807, 2.05) is 0 Å². The molecule has 0 radical (unpaired) electrons. The van der Waals surface area contributed by atoms with E-state index in [2.05, 4.69) is 20.8 Å². The molecule has 1 atom stereocenters. The van der Waals surface area contributed by atoms with Crippen LogP contribution in [0.4, 0.5) is 0 Å². The first-order valence-corrected chi connectivity index (χ1v) is 6.26. The molecule has 0 aliphatic heterocycles. The lowest BCUT2D eigenvalue weighted by Gasteiger charge is -2.42. The van der Waals surface area contributed by atoms with Gasteiger partial charge in [0.05, 0.1) is 0 Å². The van der Waals surface area contributed by atoms with Crippen molar-refractivity contribution in [3.8, 4) is 0 Å². The van der Waals surface area contributed by atoms with Crippen LogP contribution in [0, 0.1) is 5.41 Å². The Kier molecular flexibility index (Phi) is 4.00. The molecule has 0 amide bonds. The summed E-state index contributed by atoms with van der Waals surface area (Å²) >= 11 is 0. The Balaban J connectivity index is 2.39. The van der Waals surface area contributed by atoms with Gasteiger partial charge in [-0.2, -0.15) is 0 Å². The molecule has 0 aromatic rings. The molecular weight excluding hydrogens is 170 g/mol. The minimum atomic E-state index is 0.164. The highest BCUT2D eigenvalue weighted by Crippen LogP contribution is 2.41. The maximum absolute atomic E-state index is 6.48. The fourth-order valence-electron chi connectivity index (χ4n) is 2.99. The lowest BCUT2D eigenvalue weighted by atomic mass is 9.67. The van der Waals surface area contributed by atoms with E-state index in [9.17, 15) is 0 Å². The van der Waals surface area contributed by atoms with Crippen molar-refractivity contribution in [1.82, 2.24) is 0 Å². The van der Waals surface area contributed by atoms with E-state index in [0.717, 1.165) is 0 Å². The van der Waals surface area contributed by atoms with E-state index in [0.29, 0.717) is 5.41 Å². The van der Waals surface area contributed by atoms with Crippen molar-refractivity contribution in [2.45, 2.75) is 77.7 Å². The Morgan fingerprint density at radius 2 is 1.86 bits per heavy atom. The zero-order valence-corrected chi connectivity index (χ0v) is 10.2. The van der Waals surface area contributed by atoms with Gasteiger partial charge in [-0.1, -0.05) is 46.5 Å². The highest BCUT2D eigenvalue weighted by molar-refractivity contribution is 4.93. The molecule has 0 aromatic carbocycles. The Morgan fingerprint density at radius 3 is 2.43 bits per heavy atom. The van der Waals surface area contributed by atoms with E-state index in [1.54, 1.807) is 0 Å². The standard InChI is InChI=1S/C13H27N/c1-4-5-6-9-13(14)10-7-8-12(2,3)11-13/h4-11,14H2,1-3H3. The number of nitrogens with two attached hydrogens (primary N) is 1. The van der Waals surface area contributed by atoms with Crippen molar-refractivity contribution >= 4 is 0 Å². The van der Waals surface area contributed by atoms with Crippen LogP contribution in [-0.2, 0) is 0 Å². The smallest absolute Gasteiger partial charge is 0.0159 e. The van der Waals surface area contributed by atoms with Gasteiger partial charge in [0.2, 0.25) is 0 Å². The van der Waals surface area contributed by atoms with Crippen LogP contribution in [0.5, 0.6) is 0 Å². The van der Waals surface area contributed by atoms with Crippen molar-refractivity contribution < 1.29 is 0 Å². The second-order valence-corrected chi connectivity index (χ2v) is 6.01. The molecule has 1 aliphatic carbocycles. The second-order valence-electron chi connectivity index (χ2n) is 6.01. The Hall–Kier alpha value is -0.0400. The second kappa shape index (κ2) is 4.65. The summed E-state index contributed by atoms with van der Waals surface area (Å²) < 4.78 is 0. The van der Waals surface area contributed by atoms with E-state index in [1.165, 1.54) is 51.4 Å². The molecule has 0 aromatic heterocycles. The average Bonchev–Trinajstić information content (AvgIpc) is 2.01. The SMILES string of the molecule is CCCCCC1(N)CCCC(C)(C)C1. The highest BCUT2D eigenvalue weighted by atomic mass is 14.8. The monoisotopic (exact) mass is 197 g/mol. The first-order valence-electron chi connectivity index (χ1n) is 6.26. The van der Waals surface area contributed by atoms with Crippen molar-refractivity contribution in [2.24, 2.45) is 11.1 Å². The van der Waals surface area contributed by atoms with E-state index in [4.69, 9.17) is 5.73 Å². The maximum Gasteiger partial charge on any atom is 0.0159 e. The van der Waals surface area contributed by atoms with Gasteiger partial charge in [0.15, 0.2) is 0 Å². The molecule has 1 saturated carbocycles. The van der Waals surface area contributed by atoms with Crippen LogP contribution in [0.25, 0.3) is 0 Å². The van der Waals surface area contributed by atoms with Gasteiger partial charge in [-0.25, -0.2) is 0 Å². The summed E-state index contributed by atoms with van der Waals surface area (Å²) in [7, 11) is 0. The van der Waals surface area contributed by atoms with Gasteiger partial charge in [-0.3, -0.25) is 0 Å². The van der Waals surface area contributed by atoms with E-state index in [-0.39, 0.29) is 5.54 Å². The lowest BCUT2D eigenvalue weighted by Crippen LogP contribution is -2.46. The Bertz CT molecular complexity index is 174. The van der Waals surface area contributed by atoms with Crippen LogP contribution in [0.2, 0.25) is 0 Å². The fraction of sp³-hybridized carbons (Fsp3) is 1.00. The molecule has 14 heavy (non-hydrogen) atoms. The first kappa shape index (κ1) is 12.0. The van der Waals surface area contributed by atoms with Gasteiger partial charge < -0.3 is 5.73 Å². The van der Waals surface area contributed by atoms with Crippen LogP contribution in [0.3, 0.4) is 0 Å². The molecule has 0 spiro atoms. The molecule has 1 rings (SSSR count). The van der Waals surface area contributed by atoms with Crippen molar-refractivity contribution in [1.29, 1.82) is 0 Å². The zero-order chi connectivity index (χ0) is 10.7. The number of hydrogen-bond donors (Lipinski definition) is 1. The zero-order valence-electron chi connectivity index (χ0n) is 10.2. The van der Waals surface area contributed by atoms with Gasteiger partial charge in [-0.05, 0) is 31.1 Å². The summed E-state index contributed by atoms with van der Waals surface area (Å²) in [6, 6.07) is 0. The maximum atomic E-state index is 6.48. The summed E-state index contributed by atoms with van der Waals surface area (Å²) in [5.41, 5.74) is 7.12. The molecule has 1 fully saturated rings. The third kappa shape index (κ3) is 3.61. The van der Waals surface area contributed by atoms with Gasteiger partial charge in [0.25, 0.3) is 0 Å². The molecule has 1 heteroatoms. The van der Waals surface area contributed by atoms with Gasteiger partial charge in [-0.15, -0.1) is 0 Å². The summed E-state index contributed by atoms with van der Waals surface area (Å²) in [6.45, 7) is 7.00.